The Bertz CT molecular complexity index is 520. The van der Waals surface area contributed by atoms with E-state index < -0.39 is 16.1 Å². The summed E-state index contributed by atoms with van der Waals surface area (Å²) in [7, 11) is -3.54. The Morgan fingerprint density at radius 2 is 2.11 bits per heavy atom. The second kappa shape index (κ2) is 5.57. The van der Waals surface area contributed by atoms with Crippen LogP contribution in [0.3, 0.4) is 0 Å². The molecule has 0 atom stereocenters. The molecule has 0 saturated carbocycles. The Morgan fingerprint density at radius 3 is 2.63 bits per heavy atom. The zero-order valence-electron chi connectivity index (χ0n) is 10.6. The average Bonchev–Trinajstić information content (AvgIpc) is 2.94. The van der Waals surface area contributed by atoms with Crippen molar-refractivity contribution in [2.75, 3.05) is 32.8 Å². The predicted octanol–water partition coefficient (Wildman–Crippen LogP) is -0.127. The molecule has 19 heavy (non-hydrogen) atoms. The molecule has 106 valence electrons. The number of hydrogen-bond donors (Lipinski definition) is 1. The number of piperazine rings is 1. The molecule has 0 spiro atoms. The van der Waals surface area contributed by atoms with E-state index in [0.717, 1.165) is 0 Å². The van der Waals surface area contributed by atoms with Crippen LogP contribution in [0.4, 0.5) is 4.79 Å². The number of rotatable bonds is 3. The smallest absolute Gasteiger partial charge is 0.409 e. The Balaban J connectivity index is 1.99. The van der Waals surface area contributed by atoms with Crippen LogP contribution in [0.5, 0.6) is 0 Å². The summed E-state index contributed by atoms with van der Waals surface area (Å²) in [5.41, 5.74) is 0. The van der Waals surface area contributed by atoms with Crippen molar-refractivity contribution < 1.29 is 17.9 Å². The molecule has 0 unspecified atom stereocenters. The normalized spacial score (nSPS) is 17.4. The van der Waals surface area contributed by atoms with Gasteiger partial charge in [-0.25, -0.2) is 13.2 Å². The lowest BCUT2D eigenvalue weighted by Crippen LogP contribution is -2.50. The molecule has 0 aromatic carbocycles. The fraction of sp³-hybridized carbons (Fsp3) is 0.600. The van der Waals surface area contributed by atoms with Crippen molar-refractivity contribution in [3.8, 4) is 0 Å². The first kappa shape index (κ1) is 13.8. The molecule has 1 fully saturated rings. The second-order valence-electron chi connectivity index (χ2n) is 4.01. The van der Waals surface area contributed by atoms with Gasteiger partial charge in [-0.1, -0.05) is 0 Å². The monoisotopic (exact) mass is 288 g/mol. The van der Waals surface area contributed by atoms with Crippen LogP contribution in [0.2, 0.25) is 0 Å². The van der Waals surface area contributed by atoms with E-state index in [1.165, 1.54) is 21.5 Å². The second-order valence-corrected chi connectivity index (χ2v) is 5.92. The number of carbonyl (C=O) groups excluding carboxylic acids is 1. The summed E-state index contributed by atoms with van der Waals surface area (Å²) in [6.45, 7) is 3.20. The van der Waals surface area contributed by atoms with E-state index in [1.54, 1.807) is 6.92 Å². The van der Waals surface area contributed by atoms with Gasteiger partial charge in [0.2, 0.25) is 0 Å². The molecule has 1 N–H and O–H groups in total. The fourth-order valence-corrected chi connectivity index (χ4v) is 3.17. The zero-order chi connectivity index (χ0) is 13.9. The first-order chi connectivity index (χ1) is 9.05. The van der Waals surface area contributed by atoms with Gasteiger partial charge in [-0.2, -0.15) is 9.40 Å². The standard InChI is InChI=1S/C10H16N4O4S/c1-2-18-10(15)13-5-7-14(8-6-13)19(16,17)9-3-4-11-12-9/h3-4H,2,5-8H2,1H3,(H,11,12). The number of aromatic nitrogens is 2. The van der Waals surface area contributed by atoms with E-state index >= 15 is 0 Å². The largest absolute Gasteiger partial charge is 0.450 e. The highest BCUT2D eigenvalue weighted by Crippen LogP contribution is 2.15. The minimum atomic E-state index is -3.54. The van der Waals surface area contributed by atoms with Crippen molar-refractivity contribution in [2.45, 2.75) is 11.9 Å². The van der Waals surface area contributed by atoms with E-state index in [2.05, 4.69) is 10.2 Å². The molecule has 1 aromatic rings. The third kappa shape index (κ3) is 2.87. The van der Waals surface area contributed by atoms with Gasteiger partial charge in [-0.05, 0) is 13.0 Å². The highest BCUT2D eigenvalue weighted by Gasteiger charge is 2.31. The van der Waals surface area contributed by atoms with Gasteiger partial charge in [0, 0.05) is 26.2 Å². The number of hydrogen-bond acceptors (Lipinski definition) is 5. The van der Waals surface area contributed by atoms with Gasteiger partial charge in [-0.15, -0.1) is 0 Å². The molecule has 0 radical (unpaired) electrons. The summed E-state index contributed by atoms with van der Waals surface area (Å²) >= 11 is 0. The average molecular weight is 288 g/mol. The molecular weight excluding hydrogens is 272 g/mol. The summed E-state index contributed by atoms with van der Waals surface area (Å²) in [5, 5.41) is 6.15. The summed E-state index contributed by atoms with van der Waals surface area (Å²) in [5.74, 6) is 0. The summed E-state index contributed by atoms with van der Waals surface area (Å²) < 4.78 is 30.5. The first-order valence-electron chi connectivity index (χ1n) is 5.97. The molecule has 8 nitrogen and oxygen atoms in total. The molecule has 1 aliphatic heterocycles. The van der Waals surface area contributed by atoms with Crippen molar-refractivity contribution in [1.82, 2.24) is 19.4 Å². The third-order valence-electron chi connectivity index (χ3n) is 2.86. The molecule has 1 amide bonds. The van der Waals surface area contributed by atoms with Crippen molar-refractivity contribution in [3.63, 3.8) is 0 Å². The van der Waals surface area contributed by atoms with Crippen molar-refractivity contribution >= 4 is 16.1 Å². The molecule has 0 bridgehead atoms. The summed E-state index contributed by atoms with van der Waals surface area (Å²) in [6.07, 6.45) is 0.989. The Hall–Kier alpha value is -1.61. The van der Waals surface area contributed by atoms with Crippen molar-refractivity contribution in [3.05, 3.63) is 12.3 Å². The molecule has 9 heteroatoms. The third-order valence-corrected chi connectivity index (χ3v) is 4.69. The van der Waals surface area contributed by atoms with Gasteiger partial charge < -0.3 is 9.64 Å². The SMILES string of the molecule is CCOC(=O)N1CCN(S(=O)(=O)c2ccn[nH]2)CC1. The van der Waals surface area contributed by atoms with Gasteiger partial charge in [-0.3, -0.25) is 5.10 Å². The topological polar surface area (TPSA) is 95.6 Å². The fourth-order valence-electron chi connectivity index (χ4n) is 1.85. The van der Waals surface area contributed by atoms with Gasteiger partial charge >= 0.3 is 6.09 Å². The number of amides is 1. The lowest BCUT2D eigenvalue weighted by Gasteiger charge is -2.32. The maximum atomic E-state index is 12.2. The number of H-pyrrole nitrogens is 1. The van der Waals surface area contributed by atoms with Crippen molar-refractivity contribution in [1.29, 1.82) is 0 Å². The van der Waals surface area contributed by atoms with Crippen LogP contribution in [-0.2, 0) is 14.8 Å². The van der Waals surface area contributed by atoms with E-state index in [1.807, 2.05) is 0 Å². The van der Waals surface area contributed by atoms with Gasteiger partial charge in [0.25, 0.3) is 10.0 Å². The maximum Gasteiger partial charge on any atom is 0.409 e. The minimum Gasteiger partial charge on any atom is -0.450 e. The van der Waals surface area contributed by atoms with Gasteiger partial charge in [0.05, 0.1) is 12.8 Å². The maximum absolute atomic E-state index is 12.2. The Morgan fingerprint density at radius 1 is 1.42 bits per heavy atom. The summed E-state index contributed by atoms with van der Waals surface area (Å²) in [6, 6.07) is 1.41. The zero-order valence-corrected chi connectivity index (χ0v) is 11.4. The molecule has 0 aliphatic carbocycles. The Labute approximate surface area is 111 Å². The minimum absolute atomic E-state index is 0.0667. The summed E-state index contributed by atoms with van der Waals surface area (Å²) in [4.78, 5) is 13.0. The highest BCUT2D eigenvalue weighted by atomic mass is 32.2. The van der Waals surface area contributed by atoms with E-state index in [0.29, 0.717) is 19.7 Å². The molecule has 1 aromatic heterocycles. The van der Waals surface area contributed by atoms with E-state index in [9.17, 15) is 13.2 Å². The lowest BCUT2D eigenvalue weighted by molar-refractivity contribution is 0.0934. The molecule has 2 heterocycles. The van der Waals surface area contributed by atoms with Crippen LogP contribution in [-0.4, -0.2) is 66.7 Å². The van der Waals surface area contributed by atoms with Crippen LogP contribution in [0.1, 0.15) is 6.92 Å². The van der Waals surface area contributed by atoms with Crippen LogP contribution < -0.4 is 0 Å². The van der Waals surface area contributed by atoms with Gasteiger partial charge in [0.1, 0.15) is 0 Å². The van der Waals surface area contributed by atoms with Crippen molar-refractivity contribution in [2.24, 2.45) is 0 Å². The first-order valence-corrected chi connectivity index (χ1v) is 7.41. The number of nitrogens with zero attached hydrogens (tertiary/aromatic N) is 3. The molecular formula is C10H16N4O4S. The van der Waals surface area contributed by atoms with Gasteiger partial charge in [0.15, 0.2) is 5.03 Å². The van der Waals surface area contributed by atoms with Crippen LogP contribution >= 0.6 is 0 Å². The predicted molar refractivity (Wildman–Crippen MR) is 65.9 cm³/mol. The lowest BCUT2D eigenvalue weighted by atomic mass is 10.4. The molecule has 1 aliphatic rings. The molecule has 2 rings (SSSR count). The van der Waals surface area contributed by atoms with Crippen LogP contribution in [0.25, 0.3) is 0 Å². The van der Waals surface area contributed by atoms with E-state index in [-0.39, 0.29) is 18.1 Å². The number of aromatic amines is 1. The number of sulfonamides is 1. The van der Waals surface area contributed by atoms with E-state index in [4.69, 9.17) is 4.74 Å². The Kier molecular flexibility index (Phi) is 4.05. The van der Waals surface area contributed by atoms with Crippen LogP contribution in [0, 0.1) is 0 Å². The highest BCUT2D eigenvalue weighted by molar-refractivity contribution is 7.89. The molecule has 1 saturated heterocycles. The number of nitrogens with one attached hydrogen (secondary N) is 1. The van der Waals surface area contributed by atoms with Crippen LogP contribution in [0.15, 0.2) is 17.3 Å². The number of ether oxygens (including phenoxy) is 1. The quantitative estimate of drug-likeness (QED) is 0.836. The number of carbonyl (C=O) groups is 1.